The quantitative estimate of drug-likeness (QED) is 0.866. The van der Waals surface area contributed by atoms with Crippen molar-refractivity contribution in [3.05, 3.63) is 36.2 Å². The Morgan fingerprint density at radius 2 is 2.09 bits per heavy atom. The molecular weight excluding hydrogens is 294 g/mol. The Labute approximate surface area is 135 Å². The maximum absolute atomic E-state index is 12.4. The van der Waals surface area contributed by atoms with Crippen molar-refractivity contribution >= 4 is 5.91 Å². The number of rotatable bonds is 4. The van der Waals surface area contributed by atoms with E-state index in [1.807, 2.05) is 35.2 Å². The van der Waals surface area contributed by atoms with Crippen LogP contribution in [0.5, 0.6) is 0 Å². The Hall–Kier alpha value is -2.21. The van der Waals surface area contributed by atoms with Gasteiger partial charge in [-0.15, -0.1) is 10.2 Å². The zero-order valence-electron chi connectivity index (χ0n) is 13.3. The first-order valence-electron chi connectivity index (χ1n) is 7.99. The van der Waals surface area contributed by atoms with Crippen molar-refractivity contribution in [2.75, 3.05) is 19.8 Å². The van der Waals surface area contributed by atoms with Gasteiger partial charge < -0.3 is 14.1 Å². The third-order valence-corrected chi connectivity index (χ3v) is 4.05. The van der Waals surface area contributed by atoms with Gasteiger partial charge in [-0.2, -0.15) is 0 Å². The van der Waals surface area contributed by atoms with Crippen LogP contribution in [-0.2, 0) is 16.0 Å². The molecule has 1 amide bonds. The van der Waals surface area contributed by atoms with Crippen LogP contribution in [0.25, 0.3) is 11.5 Å². The fourth-order valence-electron chi connectivity index (χ4n) is 2.68. The molecule has 1 fully saturated rings. The van der Waals surface area contributed by atoms with Gasteiger partial charge in [0.25, 0.3) is 0 Å². The molecule has 1 atom stereocenters. The molecule has 6 heteroatoms. The summed E-state index contributed by atoms with van der Waals surface area (Å²) in [6.45, 7) is 4.04. The third kappa shape index (κ3) is 3.96. The lowest BCUT2D eigenvalue weighted by Crippen LogP contribution is -2.39. The number of ether oxygens (including phenoxy) is 1. The molecule has 0 N–H and O–H groups in total. The van der Waals surface area contributed by atoms with Crippen molar-refractivity contribution in [1.29, 1.82) is 0 Å². The molecule has 6 nitrogen and oxygen atoms in total. The summed E-state index contributed by atoms with van der Waals surface area (Å²) in [4.78, 5) is 14.3. The van der Waals surface area contributed by atoms with E-state index in [1.165, 1.54) is 0 Å². The number of aryl methyl sites for hydroxylation is 1. The molecule has 0 bridgehead atoms. The highest BCUT2D eigenvalue weighted by Crippen LogP contribution is 2.18. The van der Waals surface area contributed by atoms with Crippen molar-refractivity contribution in [1.82, 2.24) is 15.1 Å². The molecule has 0 spiro atoms. The first-order chi connectivity index (χ1) is 11.2. The second-order valence-corrected chi connectivity index (χ2v) is 5.70. The lowest BCUT2D eigenvalue weighted by atomic mass is 10.2. The minimum Gasteiger partial charge on any atom is -0.421 e. The molecule has 1 saturated heterocycles. The average molecular weight is 315 g/mol. The second-order valence-electron chi connectivity index (χ2n) is 5.70. The number of amides is 1. The lowest BCUT2D eigenvalue weighted by molar-refractivity contribution is -0.133. The van der Waals surface area contributed by atoms with Crippen LogP contribution >= 0.6 is 0 Å². The molecule has 122 valence electrons. The predicted molar refractivity (Wildman–Crippen MR) is 84.7 cm³/mol. The standard InChI is InChI=1S/C17H21N3O3/c1-13-9-11-22-12-10-20(13)16(21)8-7-15-18-19-17(23-15)14-5-3-2-4-6-14/h2-6,13H,7-12H2,1H3. The number of nitrogens with zero attached hydrogens (tertiary/aromatic N) is 3. The summed E-state index contributed by atoms with van der Waals surface area (Å²) >= 11 is 0. The third-order valence-electron chi connectivity index (χ3n) is 4.05. The Kier molecular flexibility index (Phi) is 5.02. The molecule has 2 heterocycles. The minimum absolute atomic E-state index is 0.113. The highest BCUT2D eigenvalue weighted by molar-refractivity contribution is 5.76. The smallest absolute Gasteiger partial charge is 0.247 e. The molecule has 1 aromatic heterocycles. The van der Waals surface area contributed by atoms with Crippen LogP contribution in [0.3, 0.4) is 0 Å². The van der Waals surface area contributed by atoms with Crippen LogP contribution < -0.4 is 0 Å². The van der Waals surface area contributed by atoms with Crippen LogP contribution in [0.4, 0.5) is 0 Å². The van der Waals surface area contributed by atoms with Crippen LogP contribution in [0.2, 0.25) is 0 Å². The van der Waals surface area contributed by atoms with Crippen LogP contribution in [0, 0.1) is 0 Å². The van der Waals surface area contributed by atoms with Gasteiger partial charge in [0, 0.05) is 37.6 Å². The fraction of sp³-hybridized carbons (Fsp3) is 0.471. The molecule has 0 aliphatic carbocycles. The molecule has 0 saturated carbocycles. The van der Waals surface area contributed by atoms with Crippen molar-refractivity contribution < 1.29 is 13.9 Å². The first-order valence-corrected chi connectivity index (χ1v) is 7.99. The highest BCUT2D eigenvalue weighted by Gasteiger charge is 2.22. The fourth-order valence-corrected chi connectivity index (χ4v) is 2.68. The summed E-state index contributed by atoms with van der Waals surface area (Å²) in [5, 5.41) is 8.08. The normalized spacial score (nSPS) is 18.7. The van der Waals surface area contributed by atoms with Gasteiger partial charge in [0.1, 0.15) is 0 Å². The largest absolute Gasteiger partial charge is 0.421 e. The summed E-state index contributed by atoms with van der Waals surface area (Å²) in [7, 11) is 0. The van der Waals surface area contributed by atoms with E-state index in [9.17, 15) is 4.79 Å². The van der Waals surface area contributed by atoms with Gasteiger partial charge in [-0.1, -0.05) is 18.2 Å². The van der Waals surface area contributed by atoms with E-state index in [2.05, 4.69) is 17.1 Å². The Balaban J connectivity index is 1.58. The zero-order chi connectivity index (χ0) is 16.1. The van der Waals surface area contributed by atoms with Crippen LogP contribution in [-0.4, -0.2) is 46.8 Å². The average Bonchev–Trinajstić information content (AvgIpc) is 2.95. The summed E-state index contributed by atoms with van der Waals surface area (Å²) in [5.74, 6) is 1.10. The van der Waals surface area contributed by atoms with Gasteiger partial charge in [0.15, 0.2) is 0 Å². The maximum Gasteiger partial charge on any atom is 0.247 e. The number of aromatic nitrogens is 2. The van der Waals surface area contributed by atoms with Gasteiger partial charge in [-0.25, -0.2) is 0 Å². The van der Waals surface area contributed by atoms with E-state index in [0.717, 1.165) is 18.6 Å². The van der Waals surface area contributed by atoms with Gasteiger partial charge in [-0.3, -0.25) is 4.79 Å². The maximum atomic E-state index is 12.4. The summed E-state index contributed by atoms with van der Waals surface area (Å²) in [5.41, 5.74) is 0.885. The molecular formula is C17H21N3O3. The second kappa shape index (κ2) is 7.37. The molecule has 3 rings (SSSR count). The van der Waals surface area contributed by atoms with E-state index >= 15 is 0 Å². The molecule has 1 aliphatic heterocycles. The lowest BCUT2D eigenvalue weighted by Gasteiger charge is -2.26. The Morgan fingerprint density at radius 3 is 2.91 bits per heavy atom. The van der Waals surface area contributed by atoms with Crippen LogP contribution in [0.1, 0.15) is 25.7 Å². The number of hydrogen-bond acceptors (Lipinski definition) is 5. The zero-order valence-corrected chi connectivity index (χ0v) is 13.3. The van der Waals surface area contributed by atoms with Crippen molar-refractivity contribution in [2.24, 2.45) is 0 Å². The molecule has 1 aliphatic rings. The summed E-state index contributed by atoms with van der Waals surface area (Å²) in [6.07, 6.45) is 1.72. The highest BCUT2D eigenvalue weighted by atomic mass is 16.5. The SMILES string of the molecule is CC1CCOCCN1C(=O)CCc1nnc(-c2ccccc2)o1. The minimum atomic E-state index is 0.113. The molecule has 23 heavy (non-hydrogen) atoms. The van der Waals surface area contributed by atoms with Gasteiger partial charge in [0.05, 0.1) is 6.61 Å². The molecule has 0 radical (unpaired) electrons. The van der Waals surface area contributed by atoms with Gasteiger partial charge in [0.2, 0.25) is 17.7 Å². The van der Waals surface area contributed by atoms with Crippen LogP contribution in [0.15, 0.2) is 34.7 Å². The molecule has 1 aromatic carbocycles. The van der Waals surface area contributed by atoms with E-state index in [1.54, 1.807) is 0 Å². The van der Waals surface area contributed by atoms with E-state index in [0.29, 0.717) is 37.8 Å². The summed E-state index contributed by atoms with van der Waals surface area (Å²) in [6, 6.07) is 9.83. The molecule has 2 aromatic rings. The summed E-state index contributed by atoms with van der Waals surface area (Å²) < 4.78 is 11.1. The number of benzene rings is 1. The van der Waals surface area contributed by atoms with E-state index in [-0.39, 0.29) is 11.9 Å². The van der Waals surface area contributed by atoms with Gasteiger partial charge in [-0.05, 0) is 25.5 Å². The van der Waals surface area contributed by atoms with Crippen molar-refractivity contribution in [3.63, 3.8) is 0 Å². The van der Waals surface area contributed by atoms with E-state index in [4.69, 9.17) is 9.15 Å². The first kappa shape index (κ1) is 15.7. The van der Waals surface area contributed by atoms with Crippen molar-refractivity contribution in [2.45, 2.75) is 32.2 Å². The molecule has 1 unspecified atom stereocenters. The number of hydrogen-bond donors (Lipinski definition) is 0. The topological polar surface area (TPSA) is 68.5 Å². The number of carbonyl (C=O) groups is 1. The monoisotopic (exact) mass is 315 g/mol. The van der Waals surface area contributed by atoms with Crippen molar-refractivity contribution in [3.8, 4) is 11.5 Å². The number of carbonyl (C=O) groups excluding carboxylic acids is 1. The van der Waals surface area contributed by atoms with E-state index < -0.39 is 0 Å². The Morgan fingerprint density at radius 1 is 1.26 bits per heavy atom. The predicted octanol–water partition coefficient (Wildman–Crippen LogP) is 2.31. The Bertz CT molecular complexity index is 642. The van der Waals surface area contributed by atoms with Gasteiger partial charge >= 0.3 is 0 Å².